The summed E-state index contributed by atoms with van der Waals surface area (Å²) in [5, 5.41) is 0. The lowest BCUT2D eigenvalue weighted by Gasteiger charge is -2.32. The second-order valence-corrected chi connectivity index (χ2v) is 3.54. The van der Waals surface area contributed by atoms with Gasteiger partial charge < -0.3 is 0 Å². The molecule has 0 aromatic heterocycles. The normalized spacial score (nSPS) is 39.6. The van der Waals surface area contributed by atoms with E-state index < -0.39 is 11.8 Å². The maximum absolute atomic E-state index is 12.8. The predicted molar refractivity (Wildman–Crippen MR) is 37.1 cm³/mol. The van der Waals surface area contributed by atoms with Crippen LogP contribution in [-0.4, -0.2) is 5.92 Å². The highest BCUT2D eigenvalue weighted by Crippen LogP contribution is 2.40. The summed E-state index contributed by atoms with van der Waals surface area (Å²) in [4.78, 5) is 0. The molecule has 0 radical (unpaired) electrons. The summed E-state index contributed by atoms with van der Waals surface area (Å²) >= 11 is 0. The largest absolute Gasteiger partial charge is 0.250 e. The van der Waals surface area contributed by atoms with Crippen LogP contribution in [0.2, 0.25) is 0 Å². The summed E-state index contributed by atoms with van der Waals surface area (Å²) in [6.07, 6.45) is 1.47. The van der Waals surface area contributed by atoms with Crippen molar-refractivity contribution in [3.8, 4) is 0 Å². The van der Waals surface area contributed by atoms with E-state index >= 15 is 0 Å². The molecular weight excluding hydrogens is 134 g/mol. The van der Waals surface area contributed by atoms with Crippen LogP contribution in [0.5, 0.6) is 0 Å². The molecule has 0 saturated heterocycles. The molecule has 1 aliphatic rings. The molecule has 1 fully saturated rings. The molecule has 0 nitrogen and oxygen atoms in total. The summed E-state index contributed by atoms with van der Waals surface area (Å²) in [5.41, 5.74) is 0. The zero-order valence-electron chi connectivity index (χ0n) is 6.53. The number of hydrogen-bond acceptors (Lipinski definition) is 0. The quantitative estimate of drug-likeness (QED) is 0.495. The number of halogens is 2. The van der Waals surface area contributed by atoms with Gasteiger partial charge in [0.05, 0.1) is 0 Å². The van der Waals surface area contributed by atoms with E-state index in [-0.39, 0.29) is 6.42 Å². The van der Waals surface area contributed by atoms with Crippen molar-refractivity contribution >= 4 is 0 Å². The molecule has 2 atom stereocenters. The Morgan fingerprint density at radius 3 is 2.30 bits per heavy atom. The minimum Gasteiger partial charge on any atom is -0.207 e. The van der Waals surface area contributed by atoms with Crippen LogP contribution in [0.4, 0.5) is 8.78 Å². The summed E-state index contributed by atoms with van der Waals surface area (Å²) < 4.78 is 25.5. The SMILES string of the molecule is C[C@@H]1CCC(F)(F)[C@@H](C)C1. The Bertz CT molecular complexity index is 120. The van der Waals surface area contributed by atoms with Crippen molar-refractivity contribution < 1.29 is 8.78 Å². The highest BCUT2D eigenvalue weighted by molar-refractivity contribution is 4.81. The van der Waals surface area contributed by atoms with Gasteiger partial charge in [-0.2, -0.15) is 0 Å². The molecule has 0 aromatic rings. The molecule has 10 heavy (non-hydrogen) atoms. The highest BCUT2D eigenvalue weighted by Gasteiger charge is 2.40. The van der Waals surface area contributed by atoms with E-state index in [4.69, 9.17) is 0 Å². The molecule has 0 amide bonds. The van der Waals surface area contributed by atoms with Gasteiger partial charge in [0.25, 0.3) is 5.92 Å². The van der Waals surface area contributed by atoms with Crippen LogP contribution in [0.1, 0.15) is 33.1 Å². The second kappa shape index (κ2) is 2.48. The molecule has 0 spiro atoms. The monoisotopic (exact) mass is 148 g/mol. The Kier molecular flexibility index (Phi) is 1.97. The number of alkyl halides is 2. The van der Waals surface area contributed by atoms with Gasteiger partial charge >= 0.3 is 0 Å². The van der Waals surface area contributed by atoms with Gasteiger partial charge in [0.1, 0.15) is 0 Å². The van der Waals surface area contributed by atoms with E-state index in [0.717, 1.165) is 0 Å². The maximum Gasteiger partial charge on any atom is 0.250 e. The Balaban J connectivity index is 2.52. The molecule has 0 N–H and O–H groups in total. The van der Waals surface area contributed by atoms with Crippen LogP contribution in [0, 0.1) is 11.8 Å². The minimum atomic E-state index is -2.38. The Morgan fingerprint density at radius 2 is 1.90 bits per heavy atom. The predicted octanol–water partition coefficient (Wildman–Crippen LogP) is 3.08. The van der Waals surface area contributed by atoms with Crippen LogP contribution in [-0.2, 0) is 0 Å². The molecule has 1 saturated carbocycles. The zero-order chi connectivity index (χ0) is 7.78. The van der Waals surface area contributed by atoms with Crippen molar-refractivity contribution in [3.05, 3.63) is 0 Å². The standard InChI is InChI=1S/C8H14F2/c1-6-3-4-8(9,10)7(2)5-6/h6-7H,3-5H2,1-2H3/t6-,7+/m1/s1. The lowest BCUT2D eigenvalue weighted by Crippen LogP contribution is -2.32. The van der Waals surface area contributed by atoms with Crippen LogP contribution in [0.15, 0.2) is 0 Å². The van der Waals surface area contributed by atoms with E-state index in [1.54, 1.807) is 6.92 Å². The van der Waals surface area contributed by atoms with Crippen molar-refractivity contribution in [2.24, 2.45) is 11.8 Å². The zero-order valence-corrected chi connectivity index (χ0v) is 6.53. The lowest BCUT2D eigenvalue weighted by molar-refractivity contribution is -0.0888. The van der Waals surface area contributed by atoms with E-state index in [9.17, 15) is 8.78 Å². The summed E-state index contributed by atoms with van der Waals surface area (Å²) in [7, 11) is 0. The third-order valence-corrected chi connectivity index (χ3v) is 2.45. The van der Waals surface area contributed by atoms with Gasteiger partial charge in [-0.1, -0.05) is 13.8 Å². The molecule has 2 heteroatoms. The van der Waals surface area contributed by atoms with Gasteiger partial charge in [-0.15, -0.1) is 0 Å². The van der Waals surface area contributed by atoms with E-state index in [2.05, 4.69) is 0 Å². The highest BCUT2D eigenvalue weighted by atomic mass is 19.3. The van der Waals surface area contributed by atoms with E-state index in [0.29, 0.717) is 18.8 Å². The second-order valence-electron chi connectivity index (χ2n) is 3.54. The van der Waals surface area contributed by atoms with Crippen molar-refractivity contribution in [1.82, 2.24) is 0 Å². The molecule has 60 valence electrons. The van der Waals surface area contributed by atoms with Crippen LogP contribution < -0.4 is 0 Å². The van der Waals surface area contributed by atoms with Gasteiger partial charge in [0, 0.05) is 12.3 Å². The molecule has 0 aliphatic heterocycles. The van der Waals surface area contributed by atoms with E-state index in [1.807, 2.05) is 6.92 Å². The maximum atomic E-state index is 12.8. The third kappa shape index (κ3) is 1.47. The minimum absolute atomic E-state index is 0.0926. The number of rotatable bonds is 0. The molecule has 0 bridgehead atoms. The molecular formula is C8H14F2. The van der Waals surface area contributed by atoms with Crippen molar-refractivity contribution in [3.63, 3.8) is 0 Å². The van der Waals surface area contributed by atoms with E-state index in [1.165, 1.54) is 0 Å². The van der Waals surface area contributed by atoms with Crippen molar-refractivity contribution in [2.45, 2.75) is 39.0 Å². The first-order valence-corrected chi connectivity index (χ1v) is 3.90. The third-order valence-electron chi connectivity index (χ3n) is 2.45. The average molecular weight is 148 g/mol. The first kappa shape index (κ1) is 7.96. The summed E-state index contributed by atoms with van der Waals surface area (Å²) in [5.74, 6) is -2.29. The first-order chi connectivity index (χ1) is 4.52. The van der Waals surface area contributed by atoms with Crippen molar-refractivity contribution in [1.29, 1.82) is 0 Å². The molecule has 1 rings (SSSR count). The lowest BCUT2D eigenvalue weighted by atomic mass is 9.81. The van der Waals surface area contributed by atoms with Crippen molar-refractivity contribution in [2.75, 3.05) is 0 Å². The smallest absolute Gasteiger partial charge is 0.207 e. The number of hydrogen-bond donors (Lipinski definition) is 0. The van der Waals surface area contributed by atoms with Gasteiger partial charge in [-0.05, 0) is 18.8 Å². The molecule has 0 unspecified atom stereocenters. The summed E-state index contributed by atoms with van der Waals surface area (Å²) in [6.45, 7) is 3.70. The fraction of sp³-hybridized carbons (Fsp3) is 1.00. The fourth-order valence-corrected chi connectivity index (χ4v) is 1.58. The Labute approximate surface area is 60.6 Å². The van der Waals surface area contributed by atoms with Crippen LogP contribution >= 0.6 is 0 Å². The molecule has 0 aromatic carbocycles. The average Bonchev–Trinajstić information content (AvgIpc) is 1.81. The summed E-state index contributed by atoms with van der Waals surface area (Å²) in [6, 6.07) is 0. The Hall–Kier alpha value is -0.140. The van der Waals surface area contributed by atoms with Gasteiger partial charge in [0.15, 0.2) is 0 Å². The van der Waals surface area contributed by atoms with Gasteiger partial charge in [-0.3, -0.25) is 0 Å². The Morgan fingerprint density at radius 1 is 1.30 bits per heavy atom. The van der Waals surface area contributed by atoms with Crippen LogP contribution in [0.3, 0.4) is 0 Å². The molecule has 0 heterocycles. The van der Waals surface area contributed by atoms with Gasteiger partial charge in [-0.25, -0.2) is 8.78 Å². The van der Waals surface area contributed by atoms with Crippen LogP contribution in [0.25, 0.3) is 0 Å². The van der Waals surface area contributed by atoms with Gasteiger partial charge in [0.2, 0.25) is 0 Å². The fourth-order valence-electron chi connectivity index (χ4n) is 1.58. The first-order valence-electron chi connectivity index (χ1n) is 3.90. The molecule has 1 aliphatic carbocycles. The topological polar surface area (TPSA) is 0 Å².